The fourth-order valence-electron chi connectivity index (χ4n) is 0.999. The highest BCUT2D eigenvalue weighted by molar-refractivity contribution is 7.85. The van der Waals surface area contributed by atoms with Crippen LogP contribution in [0.4, 0.5) is 0 Å². The average molecular weight is 229 g/mol. The predicted octanol–water partition coefficient (Wildman–Crippen LogP) is 1.70. The maximum atomic E-state index is 11.5. The molecule has 1 rings (SSSR count). The first-order valence-corrected chi connectivity index (χ1v) is 5.98. The number of hydrogen-bond acceptors (Lipinski definition) is 3. The lowest BCUT2D eigenvalue weighted by Crippen LogP contribution is -2.42. The van der Waals surface area contributed by atoms with Crippen LogP contribution in [0.15, 0.2) is 30.3 Å². The molecule has 15 heavy (non-hydrogen) atoms. The van der Waals surface area contributed by atoms with Crippen molar-refractivity contribution in [2.45, 2.75) is 26.3 Å². The first-order valence-electron chi connectivity index (χ1n) is 4.57. The molecule has 0 atom stereocenters. The van der Waals surface area contributed by atoms with Crippen molar-refractivity contribution in [1.82, 2.24) is 4.72 Å². The molecule has 0 aromatic heterocycles. The van der Waals surface area contributed by atoms with Crippen LogP contribution in [0.1, 0.15) is 20.8 Å². The summed E-state index contributed by atoms with van der Waals surface area (Å²) in [6.45, 7) is 5.25. The minimum Gasteiger partial charge on any atom is -0.371 e. The van der Waals surface area contributed by atoms with Crippen LogP contribution in [0.5, 0.6) is 5.75 Å². The minimum atomic E-state index is -3.74. The molecule has 1 N–H and O–H groups in total. The van der Waals surface area contributed by atoms with E-state index in [2.05, 4.69) is 4.72 Å². The number of para-hydroxylation sites is 1. The van der Waals surface area contributed by atoms with Gasteiger partial charge in [-0.15, -0.1) is 0 Å². The summed E-state index contributed by atoms with van der Waals surface area (Å²) < 4.78 is 30.2. The Hall–Kier alpha value is -1.07. The van der Waals surface area contributed by atoms with Gasteiger partial charge < -0.3 is 4.18 Å². The Morgan fingerprint density at radius 3 is 2.13 bits per heavy atom. The van der Waals surface area contributed by atoms with Crippen LogP contribution in [0.25, 0.3) is 0 Å². The number of benzene rings is 1. The minimum absolute atomic E-state index is 0.300. The van der Waals surface area contributed by atoms with E-state index >= 15 is 0 Å². The Labute approximate surface area is 90.5 Å². The van der Waals surface area contributed by atoms with E-state index in [1.54, 1.807) is 51.1 Å². The Morgan fingerprint density at radius 1 is 1.13 bits per heavy atom. The molecule has 84 valence electrons. The summed E-state index contributed by atoms with van der Waals surface area (Å²) in [7, 11) is -3.74. The van der Waals surface area contributed by atoms with Gasteiger partial charge in [0, 0.05) is 5.54 Å². The van der Waals surface area contributed by atoms with Crippen LogP contribution in [0.2, 0.25) is 0 Å². The lowest BCUT2D eigenvalue weighted by molar-refractivity contribution is 0.428. The third kappa shape index (κ3) is 4.80. The van der Waals surface area contributed by atoms with Gasteiger partial charge in [0.15, 0.2) is 0 Å². The third-order valence-electron chi connectivity index (χ3n) is 1.38. The molecule has 0 saturated heterocycles. The Bertz CT molecular complexity index is 406. The van der Waals surface area contributed by atoms with E-state index in [9.17, 15) is 8.42 Å². The summed E-state index contributed by atoms with van der Waals surface area (Å²) in [5.41, 5.74) is -0.548. The fourth-order valence-corrected chi connectivity index (χ4v) is 2.15. The number of hydrogen-bond donors (Lipinski definition) is 1. The standard InChI is InChI=1S/C10H15NO3S/c1-10(2,3)11-15(12,13)14-9-7-5-4-6-8-9/h4-8,11H,1-3H3. The Balaban J connectivity index is 2.74. The van der Waals surface area contributed by atoms with E-state index in [1.807, 2.05) is 0 Å². The van der Waals surface area contributed by atoms with Gasteiger partial charge in [0.2, 0.25) is 0 Å². The zero-order chi connectivity index (χ0) is 11.5. The highest BCUT2D eigenvalue weighted by atomic mass is 32.2. The van der Waals surface area contributed by atoms with E-state index in [4.69, 9.17) is 4.18 Å². The summed E-state index contributed by atoms with van der Waals surface area (Å²) in [4.78, 5) is 0. The highest BCUT2D eigenvalue weighted by Gasteiger charge is 2.21. The second kappa shape index (κ2) is 4.20. The van der Waals surface area contributed by atoms with Crippen LogP contribution >= 0.6 is 0 Å². The molecule has 0 bridgehead atoms. The van der Waals surface area contributed by atoms with Crippen molar-refractivity contribution in [3.05, 3.63) is 30.3 Å². The van der Waals surface area contributed by atoms with E-state index in [0.29, 0.717) is 5.75 Å². The molecule has 1 aromatic rings. The summed E-state index contributed by atoms with van der Waals surface area (Å²) >= 11 is 0. The van der Waals surface area contributed by atoms with Crippen LogP contribution in [-0.4, -0.2) is 14.0 Å². The van der Waals surface area contributed by atoms with Crippen molar-refractivity contribution in [2.24, 2.45) is 0 Å². The van der Waals surface area contributed by atoms with Gasteiger partial charge in [0.25, 0.3) is 0 Å². The predicted molar refractivity (Wildman–Crippen MR) is 58.9 cm³/mol. The molecular formula is C10H15NO3S. The quantitative estimate of drug-likeness (QED) is 0.858. The van der Waals surface area contributed by atoms with E-state index in [0.717, 1.165) is 0 Å². The molecule has 0 amide bonds. The smallest absolute Gasteiger partial charge is 0.371 e. The summed E-state index contributed by atoms with van der Waals surface area (Å²) in [6, 6.07) is 8.38. The molecule has 0 saturated carbocycles. The largest absolute Gasteiger partial charge is 0.383 e. The molecule has 0 aliphatic heterocycles. The van der Waals surface area contributed by atoms with Gasteiger partial charge in [-0.05, 0) is 32.9 Å². The topological polar surface area (TPSA) is 55.4 Å². The summed E-state index contributed by atoms with van der Waals surface area (Å²) in [6.07, 6.45) is 0. The molecule has 0 spiro atoms. The van der Waals surface area contributed by atoms with Crippen molar-refractivity contribution < 1.29 is 12.6 Å². The average Bonchev–Trinajstić information content (AvgIpc) is 1.99. The zero-order valence-corrected chi connectivity index (χ0v) is 9.84. The second-order valence-electron chi connectivity index (χ2n) is 4.20. The van der Waals surface area contributed by atoms with Crippen LogP contribution < -0.4 is 8.91 Å². The van der Waals surface area contributed by atoms with Gasteiger partial charge in [0.05, 0.1) is 0 Å². The van der Waals surface area contributed by atoms with Crippen LogP contribution in [-0.2, 0) is 10.3 Å². The van der Waals surface area contributed by atoms with Crippen molar-refractivity contribution in [1.29, 1.82) is 0 Å². The van der Waals surface area contributed by atoms with Gasteiger partial charge in [-0.25, -0.2) is 0 Å². The Morgan fingerprint density at radius 2 is 1.67 bits per heavy atom. The lowest BCUT2D eigenvalue weighted by Gasteiger charge is -2.19. The first kappa shape index (κ1) is 12.0. The second-order valence-corrected chi connectivity index (χ2v) is 5.48. The van der Waals surface area contributed by atoms with Crippen molar-refractivity contribution in [2.75, 3.05) is 0 Å². The molecule has 0 heterocycles. The number of rotatable bonds is 3. The van der Waals surface area contributed by atoms with E-state index in [-0.39, 0.29) is 0 Å². The molecule has 0 radical (unpaired) electrons. The Kier molecular flexibility index (Phi) is 3.36. The molecule has 0 aliphatic carbocycles. The van der Waals surface area contributed by atoms with Gasteiger partial charge in [0.1, 0.15) is 5.75 Å². The first-order chi connectivity index (χ1) is 6.79. The maximum Gasteiger partial charge on any atom is 0.383 e. The number of nitrogens with one attached hydrogen (secondary N) is 1. The SMILES string of the molecule is CC(C)(C)NS(=O)(=O)Oc1ccccc1. The molecular weight excluding hydrogens is 214 g/mol. The van der Waals surface area contributed by atoms with Crippen LogP contribution in [0, 0.1) is 0 Å². The van der Waals surface area contributed by atoms with Gasteiger partial charge in [-0.1, -0.05) is 18.2 Å². The summed E-state index contributed by atoms with van der Waals surface area (Å²) in [5.74, 6) is 0.300. The lowest BCUT2D eigenvalue weighted by atomic mass is 10.1. The van der Waals surface area contributed by atoms with E-state index < -0.39 is 15.8 Å². The molecule has 0 aliphatic rings. The fraction of sp³-hybridized carbons (Fsp3) is 0.400. The molecule has 0 unspecified atom stereocenters. The normalized spacial score (nSPS) is 12.5. The molecule has 0 fully saturated rings. The monoisotopic (exact) mass is 229 g/mol. The van der Waals surface area contributed by atoms with Gasteiger partial charge >= 0.3 is 10.3 Å². The van der Waals surface area contributed by atoms with Crippen LogP contribution in [0.3, 0.4) is 0 Å². The van der Waals surface area contributed by atoms with Crippen molar-refractivity contribution >= 4 is 10.3 Å². The molecule has 5 heteroatoms. The molecule has 4 nitrogen and oxygen atoms in total. The van der Waals surface area contributed by atoms with Crippen molar-refractivity contribution in [3.8, 4) is 5.75 Å². The van der Waals surface area contributed by atoms with Crippen molar-refractivity contribution in [3.63, 3.8) is 0 Å². The third-order valence-corrected chi connectivity index (χ3v) is 2.65. The highest BCUT2D eigenvalue weighted by Crippen LogP contribution is 2.12. The van der Waals surface area contributed by atoms with Gasteiger partial charge in [-0.3, -0.25) is 0 Å². The maximum absolute atomic E-state index is 11.5. The zero-order valence-electron chi connectivity index (χ0n) is 9.02. The molecule has 1 aromatic carbocycles. The summed E-state index contributed by atoms with van der Waals surface area (Å²) in [5, 5.41) is 0. The van der Waals surface area contributed by atoms with Gasteiger partial charge in [-0.2, -0.15) is 13.1 Å². The van der Waals surface area contributed by atoms with E-state index in [1.165, 1.54) is 0 Å².